The summed E-state index contributed by atoms with van der Waals surface area (Å²) in [6, 6.07) is 21.2. The van der Waals surface area contributed by atoms with Crippen molar-refractivity contribution in [2.24, 2.45) is 16.5 Å². The molecule has 140 valence electrons. The molecule has 2 aromatic carbocycles. The second kappa shape index (κ2) is 8.60. The molecule has 0 radical (unpaired) electrons. The van der Waals surface area contributed by atoms with E-state index in [1.165, 1.54) is 0 Å². The minimum absolute atomic E-state index is 0.0137. The fraction of sp³-hybridized carbons (Fsp3) is 0.0909. The molecule has 1 amide bonds. The number of ether oxygens (including phenoxy) is 1. The van der Waals surface area contributed by atoms with Crippen LogP contribution in [-0.2, 0) is 11.3 Å². The lowest BCUT2D eigenvalue weighted by atomic mass is 10.1. The Hall–Kier alpha value is -3.98. The van der Waals surface area contributed by atoms with Crippen LogP contribution < -0.4 is 16.2 Å². The van der Waals surface area contributed by atoms with E-state index in [4.69, 9.17) is 22.6 Å². The number of nitrogens with two attached hydrogens (primary N) is 2. The molecule has 0 aliphatic carbocycles. The Balaban J connectivity index is 2.01. The Morgan fingerprint density at radius 1 is 0.964 bits per heavy atom. The van der Waals surface area contributed by atoms with Gasteiger partial charge in [-0.3, -0.25) is 4.79 Å². The first kappa shape index (κ1) is 18.8. The highest BCUT2D eigenvalue weighted by atomic mass is 16.5. The van der Waals surface area contributed by atoms with Crippen molar-refractivity contribution in [2.75, 3.05) is 6.61 Å². The summed E-state index contributed by atoms with van der Waals surface area (Å²) in [5.74, 6) is 2.43. The fourth-order valence-corrected chi connectivity index (χ4v) is 2.91. The van der Waals surface area contributed by atoms with Gasteiger partial charge in [0.05, 0.1) is 0 Å². The molecule has 0 bridgehead atoms. The summed E-state index contributed by atoms with van der Waals surface area (Å²) >= 11 is 0. The van der Waals surface area contributed by atoms with Gasteiger partial charge in [0.25, 0.3) is 5.91 Å². The second-order valence-corrected chi connectivity index (χ2v) is 6.00. The molecule has 0 atom stereocenters. The third kappa shape index (κ3) is 4.40. The molecule has 1 aromatic heterocycles. The summed E-state index contributed by atoms with van der Waals surface area (Å²) in [5, 5.41) is 0. The highest BCUT2D eigenvalue weighted by molar-refractivity contribution is 5.92. The van der Waals surface area contributed by atoms with Gasteiger partial charge in [-0.15, -0.1) is 6.42 Å². The average molecular weight is 372 g/mol. The zero-order valence-corrected chi connectivity index (χ0v) is 15.2. The van der Waals surface area contributed by atoms with Crippen molar-refractivity contribution in [3.63, 3.8) is 0 Å². The van der Waals surface area contributed by atoms with Crippen molar-refractivity contribution < 1.29 is 9.53 Å². The summed E-state index contributed by atoms with van der Waals surface area (Å²) in [4.78, 5) is 15.9. The molecular formula is C22H20N4O2. The van der Waals surface area contributed by atoms with Gasteiger partial charge in [-0.2, -0.15) is 4.99 Å². The number of carbonyl (C=O) groups excluding carboxylic acids is 1. The van der Waals surface area contributed by atoms with Crippen LogP contribution in [0.25, 0.3) is 22.5 Å². The number of benzene rings is 2. The molecule has 3 rings (SSSR count). The predicted molar refractivity (Wildman–Crippen MR) is 110 cm³/mol. The van der Waals surface area contributed by atoms with Crippen LogP contribution in [0.2, 0.25) is 0 Å². The summed E-state index contributed by atoms with van der Waals surface area (Å²) in [6.07, 6.45) is 5.22. The molecule has 3 aromatic rings. The van der Waals surface area contributed by atoms with Gasteiger partial charge in [-0.05, 0) is 47.5 Å². The molecule has 1 heterocycles. The first-order valence-electron chi connectivity index (χ1n) is 8.62. The van der Waals surface area contributed by atoms with Crippen LogP contribution in [0.4, 0.5) is 0 Å². The van der Waals surface area contributed by atoms with Crippen LogP contribution in [0.1, 0.15) is 0 Å². The molecule has 0 aliphatic rings. The summed E-state index contributed by atoms with van der Waals surface area (Å²) in [5.41, 5.74) is 14.4. The van der Waals surface area contributed by atoms with E-state index >= 15 is 0 Å². The monoisotopic (exact) mass is 372 g/mol. The van der Waals surface area contributed by atoms with Crippen molar-refractivity contribution in [3.8, 4) is 40.6 Å². The van der Waals surface area contributed by atoms with E-state index in [1.54, 1.807) is 0 Å². The van der Waals surface area contributed by atoms with E-state index in [9.17, 15) is 4.79 Å². The van der Waals surface area contributed by atoms with Gasteiger partial charge in [-0.1, -0.05) is 36.3 Å². The number of hydrogen-bond donors (Lipinski definition) is 2. The molecule has 0 saturated heterocycles. The van der Waals surface area contributed by atoms with Crippen molar-refractivity contribution in [1.82, 2.24) is 4.57 Å². The number of terminal acetylenes is 1. The van der Waals surface area contributed by atoms with Gasteiger partial charge in [-0.25, -0.2) is 0 Å². The van der Waals surface area contributed by atoms with Gasteiger partial charge in [0.15, 0.2) is 5.96 Å². The van der Waals surface area contributed by atoms with E-state index in [0.29, 0.717) is 5.75 Å². The fourth-order valence-electron chi connectivity index (χ4n) is 2.91. The highest BCUT2D eigenvalue weighted by Gasteiger charge is 2.14. The molecule has 4 N–H and O–H groups in total. The van der Waals surface area contributed by atoms with Crippen molar-refractivity contribution in [2.45, 2.75) is 6.54 Å². The van der Waals surface area contributed by atoms with E-state index in [2.05, 4.69) is 10.9 Å². The number of rotatable bonds is 6. The standard InChI is InChI=1S/C22H20N4O2/c1-2-14-28-18-10-8-17(9-11-18)20-13-12-19(16-6-4-3-5-7-16)26(20)15-21(27)25-22(23)24/h1,3-13H,14-15H2,(H4,23,24,25,27). The molecule has 0 aliphatic heterocycles. The van der Waals surface area contributed by atoms with Crippen molar-refractivity contribution >= 4 is 11.9 Å². The SMILES string of the molecule is C#CCOc1ccc(-c2ccc(-c3ccccc3)n2CC(=O)N=C(N)N)cc1. The van der Waals surface area contributed by atoms with Crippen molar-refractivity contribution in [3.05, 3.63) is 66.7 Å². The van der Waals surface area contributed by atoms with Crippen molar-refractivity contribution in [1.29, 1.82) is 0 Å². The smallest absolute Gasteiger partial charge is 0.268 e. The second-order valence-electron chi connectivity index (χ2n) is 6.00. The minimum atomic E-state index is -0.427. The maximum absolute atomic E-state index is 12.3. The highest BCUT2D eigenvalue weighted by Crippen LogP contribution is 2.30. The lowest BCUT2D eigenvalue weighted by Gasteiger charge is -2.13. The maximum Gasteiger partial charge on any atom is 0.268 e. The molecule has 0 saturated carbocycles. The van der Waals surface area contributed by atoms with E-state index in [-0.39, 0.29) is 19.1 Å². The van der Waals surface area contributed by atoms with Gasteiger partial charge >= 0.3 is 0 Å². The number of aliphatic imine (C=N–C) groups is 1. The molecular weight excluding hydrogens is 352 g/mol. The van der Waals surface area contributed by atoms with E-state index < -0.39 is 5.91 Å². The Morgan fingerprint density at radius 3 is 2.14 bits per heavy atom. The predicted octanol–water partition coefficient (Wildman–Crippen LogP) is 2.63. The van der Waals surface area contributed by atoms with Gasteiger partial charge in [0, 0.05) is 11.4 Å². The van der Waals surface area contributed by atoms with Gasteiger partial charge < -0.3 is 20.8 Å². The zero-order chi connectivity index (χ0) is 19.9. The number of hydrogen-bond acceptors (Lipinski definition) is 2. The van der Waals surface area contributed by atoms with Crippen LogP contribution in [0.15, 0.2) is 71.7 Å². The first-order chi connectivity index (χ1) is 13.6. The van der Waals surface area contributed by atoms with E-state index in [1.807, 2.05) is 71.3 Å². The molecule has 0 unspecified atom stereocenters. The molecule has 0 fully saturated rings. The normalized spacial score (nSPS) is 10.1. The quantitative estimate of drug-likeness (QED) is 0.395. The number of aromatic nitrogens is 1. The van der Waals surface area contributed by atoms with Crippen LogP contribution in [0.5, 0.6) is 5.75 Å². The Bertz CT molecular complexity index is 1020. The Labute approximate surface area is 163 Å². The topological polar surface area (TPSA) is 95.6 Å². The Kier molecular flexibility index (Phi) is 5.78. The number of guanidine groups is 1. The molecule has 28 heavy (non-hydrogen) atoms. The minimum Gasteiger partial charge on any atom is -0.481 e. The lowest BCUT2D eigenvalue weighted by molar-refractivity contribution is -0.118. The lowest BCUT2D eigenvalue weighted by Crippen LogP contribution is -2.25. The summed E-state index contributed by atoms with van der Waals surface area (Å²) in [6.45, 7) is 0.223. The third-order valence-corrected chi connectivity index (χ3v) is 4.07. The number of amides is 1. The Morgan fingerprint density at radius 2 is 1.57 bits per heavy atom. The molecule has 0 spiro atoms. The summed E-state index contributed by atoms with van der Waals surface area (Å²) < 4.78 is 7.31. The molecule has 6 nitrogen and oxygen atoms in total. The number of carbonyl (C=O) groups is 1. The average Bonchev–Trinajstić information content (AvgIpc) is 3.10. The zero-order valence-electron chi connectivity index (χ0n) is 15.2. The third-order valence-electron chi connectivity index (χ3n) is 4.07. The van der Waals surface area contributed by atoms with Crippen LogP contribution >= 0.6 is 0 Å². The summed E-state index contributed by atoms with van der Waals surface area (Å²) in [7, 11) is 0. The van der Waals surface area contributed by atoms with E-state index in [0.717, 1.165) is 22.5 Å². The van der Waals surface area contributed by atoms with Crippen LogP contribution in [0.3, 0.4) is 0 Å². The first-order valence-corrected chi connectivity index (χ1v) is 8.62. The molecule has 6 heteroatoms. The van der Waals surface area contributed by atoms with Crippen LogP contribution in [-0.4, -0.2) is 23.0 Å². The van der Waals surface area contributed by atoms with Crippen LogP contribution in [0, 0.1) is 12.3 Å². The largest absolute Gasteiger partial charge is 0.481 e. The maximum atomic E-state index is 12.3. The van der Waals surface area contributed by atoms with Gasteiger partial charge in [0.1, 0.15) is 18.9 Å². The van der Waals surface area contributed by atoms with Gasteiger partial charge in [0.2, 0.25) is 0 Å². The number of nitrogens with zero attached hydrogens (tertiary/aromatic N) is 2.